The molecule has 6 nitrogen and oxygen atoms in total. The molecule has 0 saturated heterocycles. The number of amides is 1. The van der Waals surface area contributed by atoms with Crippen LogP contribution in [-0.4, -0.2) is 37.7 Å². The first-order valence-electron chi connectivity index (χ1n) is 9.08. The minimum Gasteiger partial charge on any atom is -0.298 e. The number of carbonyl (C=O) groups is 1. The fourth-order valence-electron chi connectivity index (χ4n) is 2.66. The minimum atomic E-state index is -3.47. The van der Waals surface area contributed by atoms with Crippen LogP contribution in [0.2, 0.25) is 0 Å². The van der Waals surface area contributed by atoms with Crippen molar-refractivity contribution in [2.24, 2.45) is 0 Å². The second-order valence-corrected chi connectivity index (χ2v) is 10.1. The topological polar surface area (TPSA) is 79.4 Å². The van der Waals surface area contributed by atoms with E-state index in [1.807, 2.05) is 29.6 Å². The smallest absolute Gasteiger partial charge is 0.257 e. The molecule has 1 heterocycles. The predicted octanol–water partition coefficient (Wildman–Crippen LogP) is 4.44. The molecule has 0 unspecified atom stereocenters. The van der Waals surface area contributed by atoms with Gasteiger partial charge in [0.2, 0.25) is 10.0 Å². The molecule has 0 radical (unpaired) electrons. The molecule has 3 rings (SSSR count). The van der Waals surface area contributed by atoms with Crippen LogP contribution in [0.1, 0.15) is 35.7 Å². The number of aromatic nitrogens is 1. The lowest BCUT2D eigenvalue weighted by Crippen LogP contribution is -2.22. The highest BCUT2D eigenvalue weighted by molar-refractivity contribution is 7.89. The van der Waals surface area contributed by atoms with E-state index in [2.05, 4.69) is 24.1 Å². The highest BCUT2D eigenvalue weighted by Crippen LogP contribution is 2.27. The minimum absolute atomic E-state index is 0.214. The molecule has 8 heteroatoms. The zero-order valence-corrected chi connectivity index (χ0v) is 18.3. The number of carbonyl (C=O) groups excluding carboxylic acids is 1. The number of nitrogens with one attached hydrogen (secondary N) is 1. The number of anilines is 1. The summed E-state index contributed by atoms with van der Waals surface area (Å²) in [6.45, 7) is 4.21. The first-order chi connectivity index (χ1) is 13.7. The molecule has 0 atom stereocenters. The van der Waals surface area contributed by atoms with E-state index in [-0.39, 0.29) is 10.8 Å². The van der Waals surface area contributed by atoms with Gasteiger partial charge in [-0.15, -0.1) is 11.3 Å². The van der Waals surface area contributed by atoms with Gasteiger partial charge in [-0.25, -0.2) is 17.7 Å². The third kappa shape index (κ3) is 4.72. The third-order valence-corrected chi connectivity index (χ3v) is 7.08. The summed E-state index contributed by atoms with van der Waals surface area (Å²) in [6, 6.07) is 14.1. The normalized spacial score (nSPS) is 11.8. The van der Waals surface area contributed by atoms with Crippen molar-refractivity contribution < 1.29 is 13.2 Å². The Balaban J connectivity index is 1.73. The number of rotatable bonds is 6. The van der Waals surface area contributed by atoms with E-state index in [1.54, 1.807) is 24.3 Å². The van der Waals surface area contributed by atoms with Crippen LogP contribution < -0.4 is 5.32 Å². The third-order valence-electron chi connectivity index (χ3n) is 4.49. The standard InChI is InChI=1S/C21H23N3O3S2/c1-14(2)15-5-7-17(8-6-15)20(25)23-21-22-19(13-28-21)16-9-11-18(12-10-16)29(26,27)24(3)4/h5-14H,1-4H3,(H,22,23,25). The monoisotopic (exact) mass is 429 g/mol. The molecular weight excluding hydrogens is 406 g/mol. The number of hydrogen-bond donors (Lipinski definition) is 1. The van der Waals surface area contributed by atoms with Gasteiger partial charge in [-0.2, -0.15) is 0 Å². The summed E-state index contributed by atoms with van der Waals surface area (Å²) in [6.07, 6.45) is 0. The van der Waals surface area contributed by atoms with E-state index in [0.29, 0.717) is 22.3 Å². The van der Waals surface area contributed by atoms with Crippen LogP contribution >= 0.6 is 11.3 Å². The maximum atomic E-state index is 12.4. The Morgan fingerprint density at radius 2 is 1.66 bits per heavy atom. The van der Waals surface area contributed by atoms with E-state index in [9.17, 15) is 13.2 Å². The van der Waals surface area contributed by atoms with Crippen LogP contribution in [-0.2, 0) is 10.0 Å². The Labute approximate surface area is 175 Å². The van der Waals surface area contributed by atoms with Crippen molar-refractivity contribution in [2.45, 2.75) is 24.7 Å². The van der Waals surface area contributed by atoms with Gasteiger partial charge in [0, 0.05) is 30.6 Å². The molecule has 29 heavy (non-hydrogen) atoms. The highest BCUT2D eigenvalue weighted by atomic mass is 32.2. The van der Waals surface area contributed by atoms with Crippen molar-refractivity contribution in [3.05, 3.63) is 65.0 Å². The quantitative estimate of drug-likeness (QED) is 0.628. The Morgan fingerprint density at radius 1 is 1.03 bits per heavy atom. The van der Waals surface area contributed by atoms with Gasteiger partial charge >= 0.3 is 0 Å². The molecule has 0 aliphatic carbocycles. The Bertz CT molecular complexity index is 1100. The van der Waals surface area contributed by atoms with Crippen LogP contribution in [0.15, 0.2) is 58.8 Å². The molecule has 0 bridgehead atoms. The summed E-state index contributed by atoms with van der Waals surface area (Å²) in [7, 11) is -0.477. The maximum Gasteiger partial charge on any atom is 0.257 e. The number of sulfonamides is 1. The summed E-state index contributed by atoms with van der Waals surface area (Å²) < 4.78 is 25.5. The summed E-state index contributed by atoms with van der Waals surface area (Å²) in [4.78, 5) is 17.1. The molecule has 1 N–H and O–H groups in total. The average Bonchev–Trinajstić information content (AvgIpc) is 3.16. The molecule has 0 fully saturated rings. The molecule has 0 saturated carbocycles. The van der Waals surface area contributed by atoms with Gasteiger partial charge in [-0.1, -0.05) is 38.1 Å². The van der Waals surface area contributed by atoms with Crippen molar-refractivity contribution in [1.82, 2.24) is 9.29 Å². The first kappa shape index (κ1) is 21.2. The molecule has 1 aromatic heterocycles. The lowest BCUT2D eigenvalue weighted by atomic mass is 10.0. The number of hydrogen-bond acceptors (Lipinski definition) is 5. The molecule has 0 aliphatic heterocycles. The van der Waals surface area contributed by atoms with Gasteiger partial charge < -0.3 is 0 Å². The fraction of sp³-hybridized carbons (Fsp3) is 0.238. The lowest BCUT2D eigenvalue weighted by Gasteiger charge is -2.11. The van der Waals surface area contributed by atoms with Crippen LogP contribution in [0.5, 0.6) is 0 Å². The van der Waals surface area contributed by atoms with Gasteiger partial charge in [0.25, 0.3) is 5.91 Å². The van der Waals surface area contributed by atoms with Gasteiger partial charge in [-0.3, -0.25) is 10.1 Å². The lowest BCUT2D eigenvalue weighted by molar-refractivity contribution is 0.102. The Morgan fingerprint density at radius 3 is 2.21 bits per heavy atom. The first-order valence-corrected chi connectivity index (χ1v) is 11.4. The van der Waals surface area contributed by atoms with Crippen molar-refractivity contribution in [2.75, 3.05) is 19.4 Å². The SMILES string of the molecule is CC(C)c1ccc(C(=O)Nc2nc(-c3ccc(S(=O)(=O)N(C)C)cc3)cs2)cc1. The Hall–Kier alpha value is -2.55. The second-order valence-electron chi connectivity index (χ2n) is 7.08. The fourth-order valence-corrected chi connectivity index (χ4v) is 4.28. The van der Waals surface area contributed by atoms with E-state index in [4.69, 9.17) is 0 Å². The molecule has 0 aliphatic rings. The van der Waals surface area contributed by atoms with Gasteiger partial charge in [0.05, 0.1) is 10.6 Å². The molecular formula is C21H23N3O3S2. The van der Waals surface area contributed by atoms with E-state index in [1.165, 1.54) is 35.3 Å². The van der Waals surface area contributed by atoms with Gasteiger partial charge in [0.1, 0.15) is 0 Å². The second kappa shape index (κ2) is 8.44. The van der Waals surface area contributed by atoms with Crippen molar-refractivity contribution in [1.29, 1.82) is 0 Å². The molecule has 2 aromatic carbocycles. The average molecular weight is 430 g/mol. The van der Waals surface area contributed by atoms with Gasteiger partial charge in [-0.05, 0) is 35.7 Å². The molecule has 3 aromatic rings. The van der Waals surface area contributed by atoms with E-state index in [0.717, 1.165) is 5.56 Å². The van der Waals surface area contributed by atoms with Crippen molar-refractivity contribution in [3.8, 4) is 11.3 Å². The van der Waals surface area contributed by atoms with Gasteiger partial charge in [0.15, 0.2) is 5.13 Å². The van der Waals surface area contributed by atoms with Crippen molar-refractivity contribution in [3.63, 3.8) is 0 Å². The summed E-state index contributed by atoms with van der Waals surface area (Å²) >= 11 is 1.32. The van der Waals surface area contributed by atoms with E-state index >= 15 is 0 Å². The largest absolute Gasteiger partial charge is 0.298 e. The molecule has 0 spiro atoms. The number of thiazole rings is 1. The van der Waals surface area contributed by atoms with Crippen LogP contribution in [0.3, 0.4) is 0 Å². The Kier molecular flexibility index (Phi) is 6.16. The van der Waals surface area contributed by atoms with Crippen LogP contribution in [0.4, 0.5) is 5.13 Å². The molecule has 152 valence electrons. The summed E-state index contributed by atoms with van der Waals surface area (Å²) in [5, 5.41) is 5.13. The van der Waals surface area contributed by atoms with E-state index < -0.39 is 10.0 Å². The zero-order valence-electron chi connectivity index (χ0n) is 16.7. The van der Waals surface area contributed by atoms with Crippen LogP contribution in [0.25, 0.3) is 11.3 Å². The van der Waals surface area contributed by atoms with Crippen LogP contribution in [0, 0.1) is 0 Å². The van der Waals surface area contributed by atoms with Crippen molar-refractivity contribution >= 4 is 32.4 Å². The predicted molar refractivity (Wildman–Crippen MR) is 117 cm³/mol. The molecule has 1 amide bonds. The number of nitrogens with zero attached hydrogens (tertiary/aromatic N) is 2. The highest BCUT2D eigenvalue weighted by Gasteiger charge is 2.17. The number of benzene rings is 2. The summed E-state index contributed by atoms with van der Waals surface area (Å²) in [5.74, 6) is 0.196. The zero-order chi connectivity index (χ0) is 21.2. The maximum absolute atomic E-state index is 12.4. The summed E-state index contributed by atoms with van der Waals surface area (Å²) in [5.41, 5.74) is 3.21.